The predicted molar refractivity (Wildman–Crippen MR) is 289 cm³/mol. The third kappa shape index (κ3) is 14.6. The number of nitrogens with one attached hydrogen (secondary N) is 4. The molecule has 7 rings (SSSR count). The van der Waals surface area contributed by atoms with Gasteiger partial charge >= 0.3 is 6.09 Å². The SMILES string of the molecule is CC(C)(C)OC(=O)N1C[C@@H](CCCNc2cccc(S(=O)(=O)NC(=O)c3ccc(C(C)(C)C)nc3Cl)n2)CC1(C)C.CC(C)(C)c1ccc2c(n1)N1C[C@@H](CCCNc3cccc(n3)S(=O)(=O)NC2=O)CC1(C)C. The van der Waals surface area contributed by atoms with Crippen molar-refractivity contribution >= 4 is 67.0 Å². The summed E-state index contributed by atoms with van der Waals surface area (Å²) in [6.45, 7) is 28.7. The summed E-state index contributed by atoms with van der Waals surface area (Å²) in [6.07, 6.45) is 5.19. The maximum Gasteiger partial charge on any atom is 0.410 e. The van der Waals surface area contributed by atoms with Gasteiger partial charge in [-0.1, -0.05) is 65.3 Å². The minimum atomic E-state index is -4.26. The molecule has 0 radical (unpaired) electrons. The largest absolute Gasteiger partial charge is 0.444 e. The Morgan fingerprint density at radius 1 is 0.838 bits per heavy atom. The van der Waals surface area contributed by atoms with E-state index in [1.807, 2.05) is 57.2 Å². The van der Waals surface area contributed by atoms with Gasteiger partial charge < -0.3 is 25.2 Å². The molecule has 0 saturated carbocycles. The van der Waals surface area contributed by atoms with Crippen molar-refractivity contribution in [2.75, 3.05) is 41.7 Å². The molecule has 0 unspecified atom stereocenters. The van der Waals surface area contributed by atoms with E-state index in [-0.39, 0.29) is 54.3 Å². The second-order valence-electron chi connectivity index (χ2n) is 23.8. The summed E-state index contributed by atoms with van der Waals surface area (Å²) in [5.74, 6) is 0.577. The zero-order valence-corrected chi connectivity index (χ0v) is 47.5. The highest BCUT2D eigenvalue weighted by atomic mass is 35.5. The standard InChI is InChI=1S/C29H42ClN5O5S.C24H33N5O3S/c1-27(2,3)21-15-14-20(24(30)32-21)25(36)34-41(38,39)23-13-9-12-22(33-23)31-16-10-11-19-17-29(7,8)35(18-19)26(37)40-28(4,5)6;1-23(2,3)18-12-11-17-21(26-18)29-15-16(14-24(29,4)5)8-7-13-25-19-9-6-10-20(27-19)33(31,32)28-22(17)30/h9,12-15,19H,10-11,16-18H2,1-8H3,(H,31,33)(H,34,36);6,9-12,16H,7-8,13-15H2,1-5H3,(H,25,27)(H,28,30)/t19-;16-/m00/s1. The van der Waals surface area contributed by atoms with E-state index < -0.39 is 37.5 Å². The molecule has 4 N–H and O–H groups in total. The number of hydrogen-bond donors (Lipinski definition) is 4. The van der Waals surface area contributed by atoms with Crippen LogP contribution in [0.2, 0.25) is 5.15 Å². The predicted octanol–water partition coefficient (Wildman–Crippen LogP) is 9.48. The summed E-state index contributed by atoms with van der Waals surface area (Å²) in [4.78, 5) is 60.2. The van der Waals surface area contributed by atoms with Crippen LogP contribution in [0.5, 0.6) is 0 Å². The summed E-state index contributed by atoms with van der Waals surface area (Å²) >= 11 is 6.19. The first-order chi connectivity index (χ1) is 34.1. The van der Waals surface area contributed by atoms with Crippen LogP contribution in [0, 0.1) is 11.8 Å². The van der Waals surface area contributed by atoms with Crippen molar-refractivity contribution in [3.63, 3.8) is 0 Å². The van der Waals surface area contributed by atoms with Crippen molar-refractivity contribution in [2.45, 2.75) is 166 Å². The zero-order valence-electron chi connectivity index (χ0n) is 45.1. The molecule has 2 atom stereocenters. The zero-order chi connectivity index (χ0) is 54.8. The number of carbonyl (C=O) groups is 3. The lowest BCUT2D eigenvalue weighted by Crippen LogP contribution is -2.45. The number of likely N-dealkylation sites (tertiary alicyclic amines) is 1. The second kappa shape index (κ2) is 21.9. The molecule has 4 bridgehead atoms. The number of fused-ring (bicyclic) bond motifs is 6. The summed E-state index contributed by atoms with van der Waals surface area (Å²) in [5.41, 5.74) is 0.205. The molecule has 21 heteroatoms. The molecule has 2 saturated heterocycles. The van der Waals surface area contributed by atoms with E-state index in [1.54, 1.807) is 36.4 Å². The van der Waals surface area contributed by atoms with Crippen molar-refractivity contribution in [1.29, 1.82) is 0 Å². The molecule has 74 heavy (non-hydrogen) atoms. The van der Waals surface area contributed by atoms with Gasteiger partial charge in [-0.25, -0.2) is 34.2 Å². The van der Waals surface area contributed by atoms with Crippen LogP contribution < -0.4 is 25.0 Å². The van der Waals surface area contributed by atoms with Gasteiger partial charge in [-0.15, -0.1) is 0 Å². The number of aromatic nitrogens is 4. The fourth-order valence-electron chi connectivity index (χ4n) is 9.44. The second-order valence-corrected chi connectivity index (χ2v) is 27.4. The first-order valence-corrected chi connectivity index (χ1v) is 28.5. The summed E-state index contributed by atoms with van der Waals surface area (Å²) in [5, 5.41) is 5.80. The van der Waals surface area contributed by atoms with Gasteiger partial charge in [0.25, 0.3) is 31.9 Å². The van der Waals surface area contributed by atoms with Gasteiger partial charge in [0.1, 0.15) is 28.2 Å². The molecule has 4 aromatic rings. The highest BCUT2D eigenvalue weighted by Gasteiger charge is 2.43. The fourth-order valence-corrected chi connectivity index (χ4v) is 11.6. The van der Waals surface area contributed by atoms with Gasteiger partial charge in [0.2, 0.25) is 0 Å². The number of hydrogen-bond acceptors (Lipinski definition) is 15. The molecular weight excluding hydrogens is 1000 g/mol. The Bertz CT molecular complexity index is 2950. The van der Waals surface area contributed by atoms with Gasteiger partial charge in [-0.3, -0.25) is 9.59 Å². The molecule has 0 aromatic carbocycles. The van der Waals surface area contributed by atoms with Gasteiger partial charge in [0, 0.05) is 59.5 Å². The maximum atomic E-state index is 13.3. The topological polar surface area (TPSA) is 235 Å². The normalized spacial score (nSPS) is 19.6. The van der Waals surface area contributed by atoms with Crippen LogP contribution in [0.15, 0.2) is 70.7 Å². The van der Waals surface area contributed by atoms with Crippen LogP contribution in [0.4, 0.5) is 22.2 Å². The highest BCUT2D eigenvalue weighted by molar-refractivity contribution is 7.90. The average molecular weight is 1080 g/mol. The van der Waals surface area contributed by atoms with Crippen molar-refractivity contribution in [2.24, 2.45) is 11.8 Å². The number of anilines is 3. The van der Waals surface area contributed by atoms with Crippen LogP contribution in [0.25, 0.3) is 0 Å². The van der Waals surface area contributed by atoms with E-state index in [9.17, 15) is 31.2 Å². The quantitative estimate of drug-likeness (QED) is 0.0950. The molecule has 404 valence electrons. The Morgan fingerprint density at radius 2 is 1.50 bits per heavy atom. The van der Waals surface area contributed by atoms with Crippen molar-refractivity contribution < 1.29 is 36.0 Å². The van der Waals surface area contributed by atoms with Crippen LogP contribution in [0.3, 0.4) is 0 Å². The van der Waals surface area contributed by atoms with Gasteiger partial charge in [-0.05, 0) is 147 Å². The molecule has 0 aliphatic carbocycles. The third-order valence-corrected chi connectivity index (χ3v) is 15.9. The van der Waals surface area contributed by atoms with E-state index in [1.165, 1.54) is 18.2 Å². The Morgan fingerprint density at radius 3 is 2.16 bits per heavy atom. The molecule has 7 heterocycles. The number of sulfonamides is 2. The minimum absolute atomic E-state index is 0.0437. The van der Waals surface area contributed by atoms with Crippen LogP contribution in [-0.4, -0.2) is 102 Å². The van der Waals surface area contributed by atoms with Gasteiger partial charge in [0.05, 0.1) is 11.1 Å². The van der Waals surface area contributed by atoms with Crippen molar-refractivity contribution in [3.05, 3.63) is 88.3 Å². The molecule has 18 nitrogen and oxygen atoms in total. The smallest absolute Gasteiger partial charge is 0.410 e. The molecular formula is C53H75ClN10O8S2. The van der Waals surface area contributed by atoms with Gasteiger partial charge in [0.15, 0.2) is 10.1 Å². The fraction of sp³-hybridized carbons (Fsp3) is 0.566. The Kier molecular flexibility index (Phi) is 17.1. The first kappa shape index (κ1) is 57.7. The van der Waals surface area contributed by atoms with Crippen molar-refractivity contribution in [1.82, 2.24) is 34.3 Å². The molecule has 0 spiro atoms. The molecule has 3 aliphatic heterocycles. The number of amides is 3. The first-order valence-electron chi connectivity index (χ1n) is 25.2. The summed E-state index contributed by atoms with van der Waals surface area (Å²) < 4.78 is 61.6. The molecule has 4 aromatic heterocycles. The van der Waals surface area contributed by atoms with E-state index >= 15 is 0 Å². The molecule has 3 aliphatic rings. The lowest BCUT2D eigenvalue weighted by atomic mass is 9.91. The Hall–Kier alpha value is -5.60. The minimum Gasteiger partial charge on any atom is -0.444 e. The number of pyridine rings is 4. The monoisotopic (exact) mass is 1080 g/mol. The number of halogens is 1. The van der Waals surface area contributed by atoms with Crippen LogP contribution >= 0.6 is 11.6 Å². The maximum absolute atomic E-state index is 13.3. The number of carbonyl (C=O) groups excluding carboxylic acids is 3. The highest BCUT2D eigenvalue weighted by Crippen LogP contribution is 2.41. The van der Waals surface area contributed by atoms with Crippen LogP contribution in [0.1, 0.15) is 161 Å². The average Bonchev–Trinajstić information content (AvgIpc) is 3.77. The molecule has 2 fully saturated rings. The van der Waals surface area contributed by atoms with E-state index in [0.29, 0.717) is 54.6 Å². The van der Waals surface area contributed by atoms with E-state index in [2.05, 4.69) is 83.7 Å². The third-order valence-electron chi connectivity index (χ3n) is 13.2. The van der Waals surface area contributed by atoms with E-state index in [0.717, 1.165) is 50.8 Å². The molecule has 3 amide bonds. The lowest BCUT2D eigenvalue weighted by molar-refractivity contribution is 0.0130. The summed E-state index contributed by atoms with van der Waals surface area (Å²) in [6, 6.07) is 15.9. The number of ether oxygens (including phenoxy) is 1. The lowest BCUT2D eigenvalue weighted by Gasteiger charge is -2.34. The Labute approximate surface area is 443 Å². The van der Waals surface area contributed by atoms with Crippen molar-refractivity contribution in [3.8, 4) is 0 Å². The summed E-state index contributed by atoms with van der Waals surface area (Å²) in [7, 11) is -8.41. The Balaban J connectivity index is 0.000000246. The van der Waals surface area contributed by atoms with Gasteiger partial charge in [-0.2, -0.15) is 16.8 Å². The van der Waals surface area contributed by atoms with Crippen LogP contribution in [-0.2, 0) is 35.6 Å². The number of nitrogens with zero attached hydrogens (tertiary/aromatic N) is 6. The van der Waals surface area contributed by atoms with E-state index in [4.69, 9.17) is 21.3 Å². The number of rotatable bonds is 8.